The molecule has 146 valence electrons. The van der Waals surface area contributed by atoms with Crippen LogP contribution in [0.1, 0.15) is 0 Å². The molecule has 0 heteroatoms. The Balaban J connectivity index is 1.77. The van der Waals surface area contributed by atoms with Crippen molar-refractivity contribution >= 4 is 64.6 Å². The van der Waals surface area contributed by atoms with Crippen molar-refractivity contribution < 1.29 is 0 Å². The molecule has 0 heterocycles. The number of benzene rings is 6. The van der Waals surface area contributed by atoms with Gasteiger partial charge in [-0.05, 0) is 81.8 Å². The summed E-state index contributed by atoms with van der Waals surface area (Å²) in [4.78, 5) is 0. The fraction of sp³-hybridized carbons (Fsp3) is 0. The van der Waals surface area contributed by atoms with Gasteiger partial charge in [0.1, 0.15) is 0 Å². The van der Waals surface area contributed by atoms with E-state index in [2.05, 4.69) is 109 Å². The molecule has 0 aliphatic rings. The molecular weight excluding hydrogens is 384 g/mol. The molecule has 0 nitrogen and oxygen atoms in total. The first-order valence-electron chi connectivity index (χ1n) is 11.2. The molecule has 0 saturated heterocycles. The molecule has 8 rings (SSSR count). The van der Waals surface area contributed by atoms with Gasteiger partial charge >= 0.3 is 0 Å². The second-order valence-electron chi connectivity index (χ2n) is 8.88. The summed E-state index contributed by atoms with van der Waals surface area (Å²) >= 11 is 0. The predicted molar refractivity (Wildman–Crippen MR) is 139 cm³/mol. The lowest BCUT2D eigenvalue weighted by Crippen LogP contribution is -1.79. The predicted octanol–water partition coefficient (Wildman–Crippen LogP) is 9.15. The molecule has 0 bridgehead atoms. The molecule has 0 unspecified atom stereocenters. The van der Waals surface area contributed by atoms with E-state index in [1.165, 1.54) is 75.8 Å². The highest BCUT2D eigenvalue weighted by Crippen LogP contribution is 2.50. The first-order chi connectivity index (χ1) is 15.9. The summed E-state index contributed by atoms with van der Waals surface area (Å²) in [6.07, 6.45) is 0. The van der Waals surface area contributed by atoms with Crippen molar-refractivity contribution in [3.8, 4) is 11.1 Å². The van der Waals surface area contributed by atoms with Crippen LogP contribution in [0.15, 0.2) is 109 Å². The van der Waals surface area contributed by atoms with Gasteiger partial charge in [0, 0.05) is 0 Å². The summed E-state index contributed by atoms with van der Waals surface area (Å²) in [5.41, 5.74) is 2.59. The summed E-state index contributed by atoms with van der Waals surface area (Å²) in [5, 5.41) is 16.4. The monoisotopic (exact) mass is 402 g/mol. The highest BCUT2D eigenvalue weighted by atomic mass is 14.2. The third-order valence-electron chi connectivity index (χ3n) is 7.32. The third kappa shape index (κ3) is 1.89. The van der Waals surface area contributed by atoms with Crippen molar-refractivity contribution in [2.24, 2.45) is 0 Å². The first kappa shape index (κ1) is 16.5. The van der Waals surface area contributed by atoms with Crippen LogP contribution in [0.4, 0.5) is 0 Å². The number of hydrogen-bond donors (Lipinski definition) is 0. The van der Waals surface area contributed by atoms with Crippen LogP contribution in [0.5, 0.6) is 0 Å². The Morgan fingerprint density at radius 3 is 1.72 bits per heavy atom. The molecule has 0 saturated carbocycles. The van der Waals surface area contributed by atoms with E-state index in [0.717, 1.165) is 0 Å². The van der Waals surface area contributed by atoms with Gasteiger partial charge in [-0.2, -0.15) is 0 Å². The Kier molecular flexibility index (Phi) is 2.97. The molecule has 0 aromatic heterocycles. The van der Waals surface area contributed by atoms with Crippen molar-refractivity contribution in [3.05, 3.63) is 109 Å². The minimum atomic E-state index is 1.27. The maximum Gasteiger partial charge on any atom is -0.000160 e. The molecule has 0 spiro atoms. The smallest absolute Gasteiger partial charge is 0.000160 e. The fourth-order valence-corrected chi connectivity index (χ4v) is 6.10. The number of rotatable bonds is 1. The maximum atomic E-state index is 2.42. The zero-order chi connectivity index (χ0) is 20.8. The van der Waals surface area contributed by atoms with E-state index in [1.54, 1.807) is 0 Å². The fourth-order valence-electron chi connectivity index (χ4n) is 6.10. The van der Waals surface area contributed by atoms with Gasteiger partial charge in [-0.3, -0.25) is 0 Å². The summed E-state index contributed by atoms with van der Waals surface area (Å²) in [7, 11) is 0. The molecule has 8 aromatic rings. The van der Waals surface area contributed by atoms with Crippen LogP contribution >= 0.6 is 0 Å². The Morgan fingerprint density at radius 1 is 0.312 bits per heavy atom. The van der Waals surface area contributed by atoms with E-state index in [0.29, 0.717) is 0 Å². The van der Waals surface area contributed by atoms with Crippen LogP contribution in [-0.2, 0) is 0 Å². The average Bonchev–Trinajstić information content (AvgIpc) is 3.36. The van der Waals surface area contributed by atoms with Crippen molar-refractivity contribution in [1.82, 2.24) is 0 Å². The lowest BCUT2D eigenvalue weighted by molar-refractivity contribution is 1.67. The maximum absolute atomic E-state index is 2.42. The molecule has 0 amide bonds. The Morgan fingerprint density at radius 2 is 0.938 bits per heavy atom. The summed E-state index contributed by atoms with van der Waals surface area (Å²) < 4.78 is 0. The number of fused-ring (bicyclic) bond motifs is 7. The quantitative estimate of drug-likeness (QED) is 0.257. The van der Waals surface area contributed by atoms with Crippen LogP contribution in [0.2, 0.25) is 0 Å². The lowest BCUT2D eigenvalue weighted by Gasteiger charge is -2.07. The van der Waals surface area contributed by atoms with Gasteiger partial charge in [-0.25, -0.2) is 0 Å². The first-order valence-corrected chi connectivity index (χ1v) is 11.2. The van der Waals surface area contributed by atoms with Crippen LogP contribution in [-0.4, -0.2) is 0 Å². The van der Waals surface area contributed by atoms with Crippen molar-refractivity contribution in [2.45, 2.75) is 0 Å². The van der Waals surface area contributed by atoms with E-state index < -0.39 is 0 Å². The van der Waals surface area contributed by atoms with Crippen LogP contribution in [0.25, 0.3) is 75.8 Å². The van der Waals surface area contributed by atoms with Gasteiger partial charge in [0.2, 0.25) is 0 Å². The van der Waals surface area contributed by atoms with Crippen molar-refractivity contribution in [3.63, 3.8) is 0 Å². The van der Waals surface area contributed by atoms with Crippen molar-refractivity contribution in [1.29, 1.82) is 0 Å². The van der Waals surface area contributed by atoms with E-state index >= 15 is 0 Å². The Labute approximate surface area is 185 Å². The normalized spacial score (nSPS) is 12.4. The van der Waals surface area contributed by atoms with Crippen LogP contribution in [0, 0.1) is 0 Å². The second kappa shape index (κ2) is 5.75. The van der Waals surface area contributed by atoms with E-state index in [-0.39, 0.29) is 0 Å². The second-order valence-corrected chi connectivity index (χ2v) is 8.88. The molecule has 8 aromatic carbocycles. The van der Waals surface area contributed by atoms with Crippen LogP contribution in [0.3, 0.4) is 0 Å². The minimum absolute atomic E-state index is 1.27. The zero-order valence-corrected chi connectivity index (χ0v) is 17.4. The Hall–Kier alpha value is -4.16. The molecule has 0 N–H and O–H groups in total. The molecule has 0 atom stereocenters. The third-order valence-corrected chi connectivity index (χ3v) is 7.32. The van der Waals surface area contributed by atoms with Gasteiger partial charge in [0.05, 0.1) is 0 Å². The molecule has 0 aliphatic heterocycles. The Bertz CT molecular complexity index is 1950. The lowest BCUT2D eigenvalue weighted by atomic mass is 9.96. The summed E-state index contributed by atoms with van der Waals surface area (Å²) in [6.45, 7) is 0. The van der Waals surface area contributed by atoms with Gasteiger partial charge in [-0.15, -0.1) is 0 Å². The van der Waals surface area contributed by atoms with Crippen LogP contribution < -0.4 is 0 Å². The van der Waals surface area contributed by atoms with Gasteiger partial charge < -0.3 is 0 Å². The molecule has 0 radical (unpaired) electrons. The molecule has 32 heavy (non-hydrogen) atoms. The minimum Gasteiger partial charge on any atom is -0.0622 e. The standard InChI is InChI=1S/C32H18/c1-2-8-19(9-3-1)22-13-7-16-24-23-14-6-12-21-18-27-25-15-4-10-20-11-5-17-26(28(20)25)31(27)32(29(21)23)30(22)24/h1-18H. The molecular formula is C32H18. The van der Waals surface area contributed by atoms with E-state index in [9.17, 15) is 0 Å². The van der Waals surface area contributed by atoms with Gasteiger partial charge in [-0.1, -0.05) is 103 Å². The largest absolute Gasteiger partial charge is 0.0622 e. The average molecular weight is 402 g/mol. The highest BCUT2D eigenvalue weighted by molar-refractivity contribution is 6.46. The SMILES string of the molecule is c1ccc(-c2cccc3c4cccc5cc6c7cccc8cccc(c87)c6c(c23)c54)cc1. The number of hydrogen-bond acceptors (Lipinski definition) is 0. The van der Waals surface area contributed by atoms with E-state index in [1.807, 2.05) is 0 Å². The van der Waals surface area contributed by atoms with Gasteiger partial charge in [0.25, 0.3) is 0 Å². The summed E-state index contributed by atoms with van der Waals surface area (Å²) in [6, 6.07) is 40.3. The van der Waals surface area contributed by atoms with Gasteiger partial charge in [0.15, 0.2) is 0 Å². The molecule has 0 fully saturated rings. The zero-order valence-electron chi connectivity index (χ0n) is 17.4. The molecule has 0 aliphatic carbocycles. The van der Waals surface area contributed by atoms with Crippen molar-refractivity contribution in [2.75, 3.05) is 0 Å². The topological polar surface area (TPSA) is 0 Å². The van der Waals surface area contributed by atoms with E-state index in [4.69, 9.17) is 0 Å². The highest BCUT2D eigenvalue weighted by Gasteiger charge is 2.21. The summed E-state index contributed by atoms with van der Waals surface area (Å²) in [5.74, 6) is 0.